The summed E-state index contributed by atoms with van der Waals surface area (Å²) >= 11 is 0. The Balaban J connectivity index is 2.76. The van der Waals surface area contributed by atoms with E-state index < -0.39 is 0 Å². The third kappa shape index (κ3) is 3.24. The van der Waals surface area contributed by atoms with Gasteiger partial charge in [-0.2, -0.15) is 0 Å². The molecule has 0 saturated carbocycles. The minimum Gasteiger partial charge on any atom is -0.508 e. The fraction of sp³-hybridized carbons (Fsp3) is 0.571. The summed E-state index contributed by atoms with van der Waals surface area (Å²) in [7, 11) is 0. The van der Waals surface area contributed by atoms with E-state index in [9.17, 15) is 5.11 Å². The molecule has 2 heteroatoms. The van der Waals surface area contributed by atoms with Crippen LogP contribution >= 0.6 is 0 Å². The van der Waals surface area contributed by atoms with Crippen LogP contribution in [0.5, 0.6) is 5.75 Å². The van der Waals surface area contributed by atoms with Gasteiger partial charge in [-0.3, -0.25) is 0 Å². The second-order valence-electron chi connectivity index (χ2n) is 4.46. The number of rotatable bonds is 5. The smallest absolute Gasteiger partial charge is 0.120 e. The number of aryl methyl sites for hydroxylation is 1. The third-order valence-electron chi connectivity index (χ3n) is 3.12. The van der Waals surface area contributed by atoms with Crippen LogP contribution in [0.15, 0.2) is 18.2 Å². The van der Waals surface area contributed by atoms with Crippen LogP contribution < -0.4 is 5.32 Å². The monoisotopic (exact) mass is 221 g/mol. The first-order chi connectivity index (χ1) is 7.58. The number of hydrogen-bond donors (Lipinski definition) is 2. The zero-order chi connectivity index (χ0) is 12.1. The molecule has 0 aliphatic carbocycles. The van der Waals surface area contributed by atoms with Gasteiger partial charge in [-0.15, -0.1) is 0 Å². The van der Waals surface area contributed by atoms with Gasteiger partial charge < -0.3 is 10.4 Å². The quantitative estimate of drug-likeness (QED) is 0.797. The van der Waals surface area contributed by atoms with E-state index in [2.05, 4.69) is 26.1 Å². The third-order valence-corrected chi connectivity index (χ3v) is 3.12. The van der Waals surface area contributed by atoms with Gasteiger partial charge in [-0.25, -0.2) is 0 Å². The van der Waals surface area contributed by atoms with Crippen LogP contribution in [0.2, 0.25) is 0 Å². The fourth-order valence-corrected chi connectivity index (χ4v) is 1.99. The van der Waals surface area contributed by atoms with Crippen LogP contribution in [0.3, 0.4) is 0 Å². The van der Waals surface area contributed by atoms with Gasteiger partial charge in [0.25, 0.3) is 0 Å². The lowest BCUT2D eigenvalue weighted by atomic mass is 10.0. The highest BCUT2D eigenvalue weighted by Gasteiger charge is 2.13. The van der Waals surface area contributed by atoms with E-state index in [0.717, 1.165) is 24.0 Å². The molecule has 0 aromatic heterocycles. The standard InChI is InChI=1S/C14H23NO/c1-5-12(6-2)15-11(4)13-8-7-10(3)9-14(13)16/h7-9,11-12,15-16H,5-6H2,1-4H3. The highest BCUT2D eigenvalue weighted by atomic mass is 16.3. The van der Waals surface area contributed by atoms with Gasteiger partial charge >= 0.3 is 0 Å². The summed E-state index contributed by atoms with van der Waals surface area (Å²) in [4.78, 5) is 0. The van der Waals surface area contributed by atoms with Crippen molar-refractivity contribution in [2.45, 2.75) is 52.6 Å². The minimum atomic E-state index is 0.200. The molecule has 0 fully saturated rings. The van der Waals surface area contributed by atoms with E-state index >= 15 is 0 Å². The lowest BCUT2D eigenvalue weighted by Gasteiger charge is -2.22. The molecule has 0 amide bonds. The van der Waals surface area contributed by atoms with Crippen molar-refractivity contribution in [2.24, 2.45) is 0 Å². The van der Waals surface area contributed by atoms with Crippen molar-refractivity contribution in [3.05, 3.63) is 29.3 Å². The molecule has 1 atom stereocenters. The Morgan fingerprint density at radius 1 is 1.25 bits per heavy atom. The second kappa shape index (κ2) is 5.90. The van der Waals surface area contributed by atoms with E-state index in [-0.39, 0.29) is 6.04 Å². The molecule has 0 spiro atoms. The van der Waals surface area contributed by atoms with Gasteiger partial charge in [-0.1, -0.05) is 26.0 Å². The van der Waals surface area contributed by atoms with Crippen LogP contribution in [0.4, 0.5) is 0 Å². The molecular formula is C14H23NO. The van der Waals surface area contributed by atoms with Gasteiger partial charge in [0, 0.05) is 17.6 Å². The molecular weight excluding hydrogens is 198 g/mol. The van der Waals surface area contributed by atoms with Gasteiger partial charge in [-0.05, 0) is 38.3 Å². The Bertz CT molecular complexity index is 332. The van der Waals surface area contributed by atoms with Crippen molar-refractivity contribution in [1.82, 2.24) is 5.32 Å². The topological polar surface area (TPSA) is 32.3 Å². The zero-order valence-electron chi connectivity index (χ0n) is 10.7. The van der Waals surface area contributed by atoms with Gasteiger partial charge in [0.1, 0.15) is 5.75 Å². The van der Waals surface area contributed by atoms with Crippen molar-refractivity contribution in [1.29, 1.82) is 0 Å². The highest BCUT2D eigenvalue weighted by molar-refractivity contribution is 5.37. The first-order valence-corrected chi connectivity index (χ1v) is 6.14. The Labute approximate surface area is 98.7 Å². The van der Waals surface area contributed by atoms with Crippen molar-refractivity contribution >= 4 is 0 Å². The van der Waals surface area contributed by atoms with Crippen LogP contribution in [-0.2, 0) is 0 Å². The molecule has 1 unspecified atom stereocenters. The first-order valence-electron chi connectivity index (χ1n) is 6.14. The number of aromatic hydroxyl groups is 1. The fourth-order valence-electron chi connectivity index (χ4n) is 1.99. The predicted molar refractivity (Wildman–Crippen MR) is 68.8 cm³/mol. The maximum atomic E-state index is 9.88. The lowest BCUT2D eigenvalue weighted by molar-refractivity contribution is 0.411. The maximum absolute atomic E-state index is 9.88. The Morgan fingerprint density at radius 3 is 2.38 bits per heavy atom. The van der Waals surface area contributed by atoms with Gasteiger partial charge in [0.2, 0.25) is 0 Å². The van der Waals surface area contributed by atoms with Crippen molar-refractivity contribution in [2.75, 3.05) is 0 Å². The molecule has 0 aliphatic rings. The molecule has 1 aromatic rings. The van der Waals surface area contributed by atoms with Gasteiger partial charge in [0.15, 0.2) is 0 Å². The lowest BCUT2D eigenvalue weighted by Crippen LogP contribution is -2.30. The van der Waals surface area contributed by atoms with Gasteiger partial charge in [0.05, 0.1) is 0 Å². The molecule has 2 nitrogen and oxygen atoms in total. The largest absolute Gasteiger partial charge is 0.508 e. The minimum absolute atomic E-state index is 0.200. The average molecular weight is 221 g/mol. The molecule has 1 aromatic carbocycles. The van der Waals surface area contributed by atoms with Crippen LogP contribution in [-0.4, -0.2) is 11.1 Å². The maximum Gasteiger partial charge on any atom is 0.120 e. The molecule has 0 radical (unpaired) electrons. The summed E-state index contributed by atoms with van der Waals surface area (Å²) in [6.45, 7) is 8.46. The molecule has 90 valence electrons. The van der Waals surface area contributed by atoms with E-state index in [1.807, 2.05) is 25.1 Å². The number of nitrogens with one attached hydrogen (secondary N) is 1. The van der Waals surface area contributed by atoms with E-state index in [1.165, 1.54) is 0 Å². The van der Waals surface area contributed by atoms with Crippen LogP contribution in [0, 0.1) is 6.92 Å². The molecule has 0 saturated heterocycles. The summed E-state index contributed by atoms with van der Waals surface area (Å²) in [6.07, 6.45) is 2.24. The van der Waals surface area contributed by atoms with E-state index in [0.29, 0.717) is 11.8 Å². The number of benzene rings is 1. The van der Waals surface area contributed by atoms with E-state index in [1.54, 1.807) is 0 Å². The zero-order valence-corrected chi connectivity index (χ0v) is 10.7. The highest BCUT2D eigenvalue weighted by Crippen LogP contribution is 2.25. The van der Waals surface area contributed by atoms with Crippen molar-refractivity contribution < 1.29 is 5.11 Å². The average Bonchev–Trinajstić information content (AvgIpc) is 2.25. The van der Waals surface area contributed by atoms with Crippen molar-refractivity contribution in [3.63, 3.8) is 0 Å². The Kier molecular flexibility index (Phi) is 4.81. The van der Waals surface area contributed by atoms with Crippen LogP contribution in [0.25, 0.3) is 0 Å². The predicted octanol–water partition coefficient (Wildman–Crippen LogP) is 3.54. The second-order valence-corrected chi connectivity index (χ2v) is 4.46. The number of phenolic OH excluding ortho intramolecular Hbond substituents is 1. The molecule has 1 rings (SSSR count). The SMILES string of the molecule is CCC(CC)NC(C)c1ccc(C)cc1O. The molecule has 2 N–H and O–H groups in total. The van der Waals surface area contributed by atoms with Crippen LogP contribution in [0.1, 0.15) is 50.8 Å². The Hall–Kier alpha value is -1.02. The van der Waals surface area contributed by atoms with Crippen molar-refractivity contribution in [3.8, 4) is 5.75 Å². The molecule has 16 heavy (non-hydrogen) atoms. The summed E-state index contributed by atoms with van der Waals surface area (Å²) < 4.78 is 0. The summed E-state index contributed by atoms with van der Waals surface area (Å²) in [5.74, 6) is 0.394. The summed E-state index contributed by atoms with van der Waals surface area (Å²) in [5.41, 5.74) is 2.08. The molecule has 0 heterocycles. The summed E-state index contributed by atoms with van der Waals surface area (Å²) in [5, 5.41) is 13.4. The number of phenols is 1. The molecule has 0 bridgehead atoms. The Morgan fingerprint density at radius 2 is 1.88 bits per heavy atom. The summed E-state index contributed by atoms with van der Waals surface area (Å²) in [6, 6.07) is 6.59. The first kappa shape index (κ1) is 13.0. The molecule has 0 aliphatic heterocycles. The van der Waals surface area contributed by atoms with E-state index in [4.69, 9.17) is 0 Å². The normalized spacial score (nSPS) is 13.1. The number of hydrogen-bond acceptors (Lipinski definition) is 2.